The van der Waals surface area contributed by atoms with Crippen LogP contribution in [0.25, 0.3) is 0 Å². The fourth-order valence-electron chi connectivity index (χ4n) is 1.80. The lowest BCUT2D eigenvalue weighted by molar-refractivity contribution is -0.447. The predicted octanol–water partition coefficient (Wildman–Crippen LogP) is 0.516. The summed E-state index contributed by atoms with van der Waals surface area (Å²) in [5.74, 6) is -0.686. The zero-order valence-corrected chi connectivity index (χ0v) is 12.8. The smallest absolute Gasteiger partial charge is 0.225 e. The fraction of sp³-hybridized carbons (Fsp3) is 1.00. The van der Waals surface area contributed by atoms with Gasteiger partial charge in [0, 0.05) is 40.2 Å². The van der Waals surface area contributed by atoms with Crippen molar-refractivity contribution < 1.29 is 32.2 Å². The van der Waals surface area contributed by atoms with Gasteiger partial charge in [-0.05, 0) is 0 Å². The highest BCUT2D eigenvalue weighted by molar-refractivity contribution is 8.08. The van der Waals surface area contributed by atoms with E-state index in [0.717, 1.165) is 0 Å². The summed E-state index contributed by atoms with van der Waals surface area (Å²) in [6.45, 7) is 0.686. The van der Waals surface area contributed by atoms with Crippen molar-refractivity contribution in [2.75, 3.05) is 39.5 Å². The summed E-state index contributed by atoms with van der Waals surface area (Å²) in [5.41, 5.74) is 0. The van der Waals surface area contributed by atoms with Gasteiger partial charge in [-0.3, -0.25) is 0 Å². The molecule has 0 aromatic heterocycles. The molecule has 0 aromatic rings. The molecule has 0 aliphatic carbocycles. The van der Waals surface area contributed by atoms with E-state index in [-0.39, 0.29) is 5.08 Å². The first-order valence-electron chi connectivity index (χ1n) is 5.57. The summed E-state index contributed by atoms with van der Waals surface area (Å²) in [4.78, 5) is 4.17. The first-order valence-corrected chi connectivity index (χ1v) is 8.09. The number of sulfonamides is 1. The van der Waals surface area contributed by atoms with Crippen LogP contribution < -0.4 is 0 Å². The van der Waals surface area contributed by atoms with Crippen LogP contribution in [0.3, 0.4) is 0 Å². The van der Waals surface area contributed by atoms with Crippen LogP contribution >= 0.6 is 12.0 Å². The van der Waals surface area contributed by atoms with Crippen molar-refractivity contribution in [2.45, 2.75) is 18.6 Å². The van der Waals surface area contributed by atoms with E-state index in [1.807, 2.05) is 0 Å². The molecule has 1 saturated heterocycles. The van der Waals surface area contributed by atoms with Crippen molar-refractivity contribution in [1.82, 2.24) is 4.31 Å². The molecule has 0 unspecified atom stereocenters. The molecule has 1 rings (SSSR count). The fourth-order valence-corrected chi connectivity index (χ4v) is 3.87. The first kappa shape index (κ1) is 17.1. The third-order valence-corrected chi connectivity index (χ3v) is 5.84. The molecule has 0 saturated carbocycles. The van der Waals surface area contributed by atoms with Gasteiger partial charge in [-0.15, -0.1) is 4.33 Å². The van der Waals surface area contributed by atoms with Crippen LogP contribution in [0, 0.1) is 0 Å². The van der Waals surface area contributed by atoms with E-state index in [1.54, 1.807) is 14.2 Å². The molecule has 8 nitrogen and oxygen atoms in total. The topological polar surface area (TPSA) is 83.5 Å². The average molecular weight is 317 g/mol. The van der Waals surface area contributed by atoms with Gasteiger partial charge in [-0.2, -0.15) is 0 Å². The Kier molecular flexibility index (Phi) is 6.97. The first-order chi connectivity index (χ1) is 8.99. The van der Waals surface area contributed by atoms with Crippen LogP contribution in [0.15, 0.2) is 0 Å². The number of rotatable bonds is 8. The SMILES string of the molecule is COOOSCS(=O)(=O)N1CCC(OC)(OC)CC1. The Bertz CT molecular complexity index is 348. The monoisotopic (exact) mass is 317 g/mol. The number of methoxy groups -OCH3 is 2. The van der Waals surface area contributed by atoms with E-state index in [1.165, 1.54) is 11.4 Å². The van der Waals surface area contributed by atoms with Gasteiger partial charge < -0.3 is 9.47 Å². The van der Waals surface area contributed by atoms with Crippen molar-refractivity contribution in [3.05, 3.63) is 0 Å². The maximum absolute atomic E-state index is 12.0. The third-order valence-electron chi connectivity index (χ3n) is 2.96. The maximum atomic E-state index is 12.0. The Morgan fingerprint density at radius 3 is 2.21 bits per heavy atom. The largest absolute Gasteiger partial charge is 0.353 e. The van der Waals surface area contributed by atoms with Crippen molar-refractivity contribution >= 4 is 22.1 Å². The normalized spacial score (nSPS) is 20.6. The molecule has 0 spiro atoms. The second kappa shape index (κ2) is 7.74. The molecule has 0 bridgehead atoms. The molecule has 1 fully saturated rings. The van der Waals surface area contributed by atoms with Gasteiger partial charge in [0.25, 0.3) is 0 Å². The van der Waals surface area contributed by atoms with E-state index in [9.17, 15) is 8.42 Å². The zero-order valence-electron chi connectivity index (χ0n) is 11.2. The van der Waals surface area contributed by atoms with Crippen molar-refractivity contribution in [3.8, 4) is 0 Å². The molecule has 1 heterocycles. The third kappa shape index (κ3) is 4.83. The summed E-state index contributed by atoms with van der Waals surface area (Å²) in [5, 5.41) is 3.88. The van der Waals surface area contributed by atoms with E-state index in [4.69, 9.17) is 9.47 Å². The molecule has 19 heavy (non-hydrogen) atoms. The molecular formula is C9H19NO7S2. The lowest BCUT2D eigenvalue weighted by Gasteiger charge is -2.38. The van der Waals surface area contributed by atoms with Crippen LogP contribution in [0.2, 0.25) is 0 Å². The second-order valence-electron chi connectivity index (χ2n) is 3.87. The van der Waals surface area contributed by atoms with Crippen LogP contribution in [0.4, 0.5) is 0 Å². The van der Waals surface area contributed by atoms with Crippen molar-refractivity contribution in [1.29, 1.82) is 0 Å². The summed E-state index contributed by atoms with van der Waals surface area (Å²) in [6, 6.07) is 0. The Morgan fingerprint density at radius 1 is 1.16 bits per heavy atom. The molecular weight excluding hydrogens is 298 g/mol. The number of nitrogens with zero attached hydrogens (tertiary/aromatic N) is 1. The Labute approximate surface area is 117 Å². The highest BCUT2D eigenvalue weighted by Crippen LogP contribution is 2.28. The lowest BCUT2D eigenvalue weighted by atomic mass is 10.1. The minimum Gasteiger partial charge on any atom is -0.353 e. The lowest BCUT2D eigenvalue weighted by Crippen LogP contribution is -2.48. The van der Waals surface area contributed by atoms with Crippen molar-refractivity contribution in [3.63, 3.8) is 0 Å². The molecule has 0 atom stereocenters. The summed E-state index contributed by atoms with van der Waals surface area (Å²) in [6.07, 6.45) is 0.971. The molecule has 10 heteroatoms. The van der Waals surface area contributed by atoms with E-state index in [0.29, 0.717) is 38.0 Å². The second-order valence-corrected chi connectivity index (χ2v) is 6.86. The van der Waals surface area contributed by atoms with Crippen LogP contribution in [0.5, 0.6) is 0 Å². The molecule has 114 valence electrons. The Hall–Kier alpha value is 0.0600. The van der Waals surface area contributed by atoms with Gasteiger partial charge in [-0.1, -0.05) is 5.04 Å². The average Bonchev–Trinajstić information content (AvgIpc) is 2.43. The molecule has 0 radical (unpaired) electrons. The summed E-state index contributed by atoms with van der Waals surface area (Å²) >= 11 is 0.650. The van der Waals surface area contributed by atoms with Crippen LogP contribution in [-0.4, -0.2) is 58.0 Å². The van der Waals surface area contributed by atoms with Gasteiger partial charge in [0.15, 0.2) is 5.79 Å². The molecule has 0 N–H and O–H groups in total. The van der Waals surface area contributed by atoms with E-state index in [2.05, 4.69) is 14.3 Å². The number of hydrogen-bond acceptors (Lipinski definition) is 8. The van der Waals surface area contributed by atoms with Crippen LogP contribution in [-0.2, 0) is 33.8 Å². The predicted molar refractivity (Wildman–Crippen MR) is 68.1 cm³/mol. The molecule has 0 aromatic carbocycles. The summed E-state index contributed by atoms with van der Waals surface area (Å²) in [7, 11) is 0.963. The zero-order chi connectivity index (χ0) is 14.4. The highest BCUT2D eigenvalue weighted by Gasteiger charge is 2.38. The summed E-state index contributed by atoms with van der Waals surface area (Å²) < 4.78 is 40.4. The molecule has 0 amide bonds. The minimum atomic E-state index is -3.41. The van der Waals surface area contributed by atoms with E-state index < -0.39 is 15.8 Å². The van der Waals surface area contributed by atoms with Gasteiger partial charge in [-0.25, -0.2) is 17.6 Å². The minimum absolute atomic E-state index is 0.247. The number of ether oxygens (including phenoxy) is 2. The quantitative estimate of drug-likeness (QED) is 0.211. The number of hydrogen-bond donors (Lipinski definition) is 0. The molecule has 1 aliphatic heterocycles. The van der Waals surface area contributed by atoms with Gasteiger partial charge in [0.05, 0.1) is 19.2 Å². The van der Waals surface area contributed by atoms with E-state index >= 15 is 0 Å². The van der Waals surface area contributed by atoms with Gasteiger partial charge in [0.2, 0.25) is 10.0 Å². The Morgan fingerprint density at radius 2 is 1.74 bits per heavy atom. The maximum Gasteiger partial charge on any atom is 0.225 e. The highest BCUT2D eigenvalue weighted by atomic mass is 32.3. The van der Waals surface area contributed by atoms with Gasteiger partial charge in [0.1, 0.15) is 5.08 Å². The number of piperidine rings is 1. The van der Waals surface area contributed by atoms with Crippen molar-refractivity contribution in [2.24, 2.45) is 0 Å². The Balaban J connectivity index is 2.45. The molecule has 1 aliphatic rings. The van der Waals surface area contributed by atoms with Gasteiger partial charge >= 0.3 is 0 Å². The standard InChI is InChI=1S/C9H19NO7S2/c1-13-9(14-2)4-6-10(7-5-9)19(11,12)8-18-17-16-15-3/h4-8H2,1-3H3. The van der Waals surface area contributed by atoms with Crippen LogP contribution in [0.1, 0.15) is 12.8 Å².